The molecule has 0 saturated heterocycles. The van der Waals surface area contributed by atoms with Gasteiger partial charge in [-0.1, -0.05) is 17.7 Å². The molecule has 3 aromatic rings. The number of hydrogen-bond acceptors (Lipinski definition) is 5. The van der Waals surface area contributed by atoms with E-state index in [-0.39, 0.29) is 5.91 Å². The van der Waals surface area contributed by atoms with Crippen molar-refractivity contribution in [1.29, 1.82) is 0 Å². The first-order chi connectivity index (χ1) is 11.7. The lowest BCUT2D eigenvalue weighted by molar-refractivity contribution is 0.102. The highest BCUT2D eigenvalue weighted by Crippen LogP contribution is 2.12. The Hall–Kier alpha value is -3.28. The van der Waals surface area contributed by atoms with Crippen LogP contribution in [0, 0.1) is 6.92 Å². The molecule has 0 spiro atoms. The molecule has 2 N–H and O–H groups in total. The molecule has 0 radical (unpaired) electrons. The highest BCUT2D eigenvalue weighted by atomic mass is 16.1. The lowest BCUT2D eigenvalue weighted by Gasteiger charge is -2.08. The first-order valence-electron chi connectivity index (χ1n) is 7.53. The molecule has 0 atom stereocenters. The summed E-state index contributed by atoms with van der Waals surface area (Å²) in [6, 6.07) is 13.1. The molecule has 120 valence electrons. The lowest BCUT2D eigenvalue weighted by Crippen LogP contribution is -2.14. The first-order valence-corrected chi connectivity index (χ1v) is 7.53. The van der Waals surface area contributed by atoms with Crippen molar-refractivity contribution in [2.75, 3.05) is 10.6 Å². The predicted molar refractivity (Wildman–Crippen MR) is 92.7 cm³/mol. The smallest absolute Gasteiger partial charge is 0.274 e. The maximum Gasteiger partial charge on any atom is 0.274 e. The Morgan fingerprint density at radius 2 is 1.79 bits per heavy atom. The van der Waals surface area contributed by atoms with Crippen molar-refractivity contribution >= 4 is 17.4 Å². The van der Waals surface area contributed by atoms with E-state index < -0.39 is 0 Å². The van der Waals surface area contributed by atoms with Crippen LogP contribution in [0.15, 0.2) is 61.2 Å². The highest BCUT2D eigenvalue weighted by Gasteiger charge is 2.09. The van der Waals surface area contributed by atoms with Gasteiger partial charge in [0.1, 0.15) is 17.8 Å². The zero-order chi connectivity index (χ0) is 16.8. The summed E-state index contributed by atoms with van der Waals surface area (Å²) >= 11 is 0. The van der Waals surface area contributed by atoms with Gasteiger partial charge in [0.05, 0.1) is 0 Å². The highest BCUT2D eigenvalue weighted by molar-refractivity contribution is 6.03. The molecule has 1 amide bonds. The fraction of sp³-hybridized carbons (Fsp3) is 0.111. The number of amides is 1. The molecule has 0 saturated carbocycles. The molecule has 2 heterocycles. The standard InChI is InChI=1S/C18H17N5O/c1-13-2-4-15(5-3-13)23-18(24)16-10-17(22-12-21-16)20-11-14-6-8-19-9-7-14/h2-10,12H,11H2,1H3,(H,23,24)(H,20,21,22). The van der Waals surface area contributed by atoms with Crippen LogP contribution in [0.5, 0.6) is 0 Å². The van der Waals surface area contributed by atoms with Crippen LogP contribution in [-0.2, 0) is 6.54 Å². The van der Waals surface area contributed by atoms with Gasteiger partial charge < -0.3 is 10.6 Å². The van der Waals surface area contributed by atoms with Gasteiger partial charge in [-0.2, -0.15) is 0 Å². The van der Waals surface area contributed by atoms with Gasteiger partial charge in [0.15, 0.2) is 0 Å². The molecule has 0 aliphatic heterocycles. The molecule has 1 aromatic carbocycles. The number of aryl methyl sites for hydroxylation is 1. The quantitative estimate of drug-likeness (QED) is 0.755. The monoisotopic (exact) mass is 319 g/mol. The molecule has 3 rings (SSSR count). The second kappa shape index (κ2) is 7.32. The number of nitrogens with one attached hydrogen (secondary N) is 2. The van der Waals surface area contributed by atoms with Gasteiger partial charge in [-0.05, 0) is 36.8 Å². The third kappa shape index (κ3) is 4.13. The van der Waals surface area contributed by atoms with Crippen LogP contribution in [-0.4, -0.2) is 20.9 Å². The summed E-state index contributed by atoms with van der Waals surface area (Å²) in [4.78, 5) is 24.4. The van der Waals surface area contributed by atoms with Crippen molar-refractivity contribution in [3.8, 4) is 0 Å². The topological polar surface area (TPSA) is 79.8 Å². The minimum Gasteiger partial charge on any atom is -0.366 e. The Morgan fingerprint density at radius 3 is 2.54 bits per heavy atom. The summed E-state index contributed by atoms with van der Waals surface area (Å²) in [5.41, 5.74) is 3.25. The van der Waals surface area contributed by atoms with Crippen LogP contribution in [0.2, 0.25) is 0 Å². The van der Waals surface area contributed by atoms with E-state index in [9.17, 15) is 4.79 Å². The van der Waals surface area contributed by atoms with E-state index in [4.69, 9.17) is 0 Å². The maximum absolute atomic E-state index is 12.3. The summed E-state index contributed by atoms with van der Waals surface area (Å²) in [5, 5.41) is 5.99. The van der Waals surface area contributed by atoms with Crippen LogP contribution in [0.4, 0.5) is 11.5 Å². The Balaban J connectivity index is 1.65. The Bertz CT molecular complexity index is 818. The largest absolute Gasteiger partial charge is 0.366 e. The van der Waals surface area contributed by atoms with E-state index >= 15 is 0 Å². The predicted octanol–water partition coefficient (Wildman–Crippen LogP) is 3.04. The molecular formula is C18H17N5O. The number of anilines is 2. The molecule has 24 heavy (non-hydrogen) atoms. The summed E-state index contributed by atoms with van der Waals surface area (Å²) < 4.78 is 0. The van der Waals surface area contributed by atoms with E-state index in [1.54, 1.807) is 18.5 Å². The second-order valence-corrected chi connectivity index (χ2v) is 5.32. The Kier molecular flexibility index (Phi) is 4.76. The fourth-order valence-corrected chi connectivity index (χ4v) is 2.10. The number of aromatic nitrogens is 3. The summed E-state index contributed by atoms with van der Waals surface area (Å²) in [6.07, 6.45) is 4.84. The van der Waals surface area contributed by atoms with Gasteiger partial charge in [0.25, 0.3) is 5.91 Å². The van der Waals surface area contributed by atoms with E-state index in [0.717, 1.165) is 16.8 Å². The number of hydrogen-bond donors (Lipinski definition) is 2. The van der Waals surface area contributed by atoms with Crippen molar-refractivity contribution in [2.45, 2.75) is 13.5 Å². The Labute approximate surface area is 140 Å². The van der Waals surface area contributed by atoms with Crippen LogP contribution < -0.4 is 10.6 Å². The fourth-order valence-electron chi connectivity index (χ4n) is 2.10. The van der Waals surface area contributed by atoms with Gasteiger partial charge in [-0.25, -0.2) is 9.97 Å². The zero-order valence-corrected chi connectivity index (χ0v) is 13.2. The number of benzene rings is 1. The van der Waals surface area contributed by atoms with Crippen LogP contribution >= 0.6 is 0 Å². The molecule has 6 heteroatoms. The van der Waals surface area contributed by atoms with Crippen molar-refractivity contribution in [1.82, 2.24) is 15.0 Å². The molecule has 0 bridgehead atoms. The summed E-state index contributed by atoms with van der Waals surface area (Å²) in [5.74, 6) is 0.323. The number of nitrogens with zero attached hydrogens (tertiary/aromatic N) is 3. The maximum atomic E-state index is 12.3. The molecular weight excluding hydrogens is 302 g/mol. The molecule has 0 aliphatic carbocycles. The third-order valence-corrected chi connectivity index (χ3v) is 3.43. The normalized spacial score (nSPS) is 10.2. The van der Waals surface area contributed by atoms with Crippen molar-refractivity contribution in [3.05, 3.63) is 78.0 Å². The second-order valence-electron chi connectivity index (χ2n) is 5.32. The third-order valence-electron chi connectivity index (χ3n) is 3.43. The van der Waals surface area contributed by atoms with Crippen LogP contribution in [0.3, 0.4) is 0 Å². The van der Waals surface area contributed by atoms with E-state index in [0.29, 0.717) is 18.1 Å². The first kappa shape index (κ1) is 15.6. The number of carbonyl (C=O) groups is 1. The number of rotatable bonds is 5. The van der Waals surface area contributed by atoms with Crippen molar-refractivity contribution < 1.29 is 4.79 Å². The van der Waals surface area contributed by atoms with E-state index in [1.807, 2.05) is 43.3 Å². The summed E-state index contributed by atoms with van der Waals surface area (Å²) in [6.45, 7) is 2.59. The number of carbonyl (C=O) groups excluding carboxylic acids is 1. The number of pyridine rings is 1. The average Bonchev–Trinajstić information content (AvgIpc) is 2.63. The van der Waals surface area contributed by atoms with Gasteiger partial charge in [-0.3, -0.25) is 9.78 Å². The van der Waals surface area contributed by atoms with Crippen molar-refractivity contribution in [2.24, 2.45) is 0 Å². The van der Waals surface area contributed by atoms with Gasteiger partial charge in [-0.15, -0.1) is 0 Å². The minimum absolute atomic E-state index is 0.270. The zero-order valence-electron chi connectivity index (χ0n) is 13.2. The van der Waals surface area contributed by atoms with Crippen LogP contribution in [0.1, 0.15) is 21.6 Å². The molecule has 2 aromatic heterocycles. The van der Waals surface area contributed by atoms with Gasteiger partial charge in [0, 0.05) is 30.7 Å². The minimum atomic E-state index is -0.270. The van der Waals surface area contributed by atoms with Crippen LogP contribution in [0.25, 0.3) is 0 Å². The van der Waals surface area contributed by atoms with E-state index in [2.05, 4.69) is 25.6 Å². The van der Waals surface area contributed by atoms with Crippen molar-refractivity contribution in [3.63, 3.8) is 0 Å². The molecule has 0 aliphatic rings. The molecule has 0 unspecified atom stereocenters. The summed E-state index contributed by atoms with van der Waals surface area (Å²) in [7, 11) is 0. The molecule has 6 nitrogen and oxygen atoms in total. The molecule has 0 fully saturated rings. The SMILES string of the molecule is Cc1ccc(NC(=O)c2cc(NCc3ccncc3)ncn2)cc1. The lowest BCUT2D eigenvalue weighted by atomic mass is 10.2. The average molecular weight is 319 g/mol. The van der Waals surface area contributed by atoms with E-state index in [1.165, 1.54) is 6.33 Å². The van der Waals surface area contributed by atoms with Gasteiger partial charge >= 0.3 is 0 Å². The Morgan fingerprint density at radius 1 is 1.04 bits per heavy atom. The van der Waals surface area contributed by atoms with Gasteiger partial charge in [0.2, 0.25) is 0 Å².